The van der Waals surface area contributed by atoms with Gasteiger partial charge in [0.15, 0.2) is 0 Å². The molecule has 0 heterocycles. The molecule has 0 N–H and O–H groups in total. The minimum atomic E-state index is 0.308. The predicted octanol–water partition coefficient (Wildman–Crippen LogP) is 6.62. The molecule has 0 radical (unpaired) electrons. The van der Waals surface area contributed by atoms with E-state index < -0.39 is 0 Å². The van der Waals surface area contributed by atoms with E-state index in [1.54, 1.807) is 11.1 Å². The Bertz CT molecular complexity index is 1030. The summed E-state index contributed by atoms with van der Waals surface area (Å²) in [5.74, 6) is 13.2. The van der Waals surface area contributed by atoms with Gasteiger partial charge in [-0.25, -0.2) is 0 Å². The lowest BCUT2D eigenvalue weighted by molar-refractivity contribution is 0.367. The maximum atomic E-state index is 3.85. The van der Waals surface area contributed by atoms with Crippen molar-refractivity contribution < 1.29 is 0 Å². The Morgan fingerprint density at radius 1 is 0.700 bits per heavy atom. The Morgan fingerprint density at radius 2 is 1.37 bits per heavy atom. The summed E-state index contributed by atoms with van der Waals surface area (Å²) in [5, 5.41) is 0. The Hall–Kier alpha value is -2.26. The second-order valence-corrected chi connectivity index (χ2v) is 10.7. The molecule has 5 aliphatic rings. The lowest BCUT2D eigenvalue weighted by Gasteiger charge is -2.36. The number of rotatable bonds is 2. The molecule has 2 aromatic carbocycles. The van der Waals surface area contributed by atoms with E-state index in [2.05, 4.69) is 78.6 Å². The van der Waals surface area contributed by atoms with Crippen LogP contribution in [0.5, 0.6) is 0 Å². The van der Waals surface area contributed by atoms with Crippen LogP contribution in [-0.2, 0) is 5.41 Å². The second kappa shape index (κ2) is 6.37. The number of allylic oxidation sites excluding steroid dienone is 2. The molecule has 0 nitrogen and oxygen atoms in total. The van der Waals surface area contributed by atoms with Crippen molar-refractivity contribution in [1.29, 1.82) is 0 Å². The topological polar surface area (TPSA) is 0 Å². The molecule has 0 heteroatoms. The molecule has 5 aliphatic carbocycles. The van der Waals surface area contributed by atoms with Gasteiger partial charge in [-0.05, 0) is 97.3 Å². The van der Waals surface area contributed by atoms with Crippen LogP contribution in [0.1, 0.15) is 49.7 Å². The highest BCUT2D eigenvalue weighted by Gasteiger charge is 2.77. The van der Waals surface area contributed by atoms with E-state index in [0.29, 0.717) is 11.3 Å². The molecule has 4 fully saturated rings. The van der Waals surface area contributed by atoms with Gasteiger partial charge in [-0.3, -0.25) is 0 Å². The molecule has 0 spiro atoms. The average molecular weight is 391 g/mol. The van der Waals surface area contributed by atoms with Crippen molar-refractivity contribution in [3.8, 4) is 11.8 Å². The fraction of sp³-hybridized carbons (Fsp3) is 0.467. The van der Waals surface area contributed by atoms with Crippen LogP contribution in [0.25, 0.3) is 0 Å². The van der Waals surface area contributed by atoms with Crippen molar-refractivity contribution >= 4 is 0 Å². The van der Waals surface area contributed by atoms with Crippen LogP contribution in [-0.4, -0.2) is 0 Å². The molecule has 150 valence electrons. The smallest absolute Gasteiger partial charge is 0.0453 e. The van der Waals surface area contributed by atoms with Gasteiger partial charge in [0.05, 0.1) is 0 Å². The summed E-state index contributed by atoms with van der Waals surface area (Å²) in [6.07, 6.45) is 11.3. The van der Waals surface area contributed by atoms with E-state index in [1.165, 1.54) is 44.1 Å². The summed E-state index contributed by atoms with van der Waals surface area (Å²) < 4.78 is 0. The largest absolute Gasteiger partial charge is 0.0897 e. The number of hydrogen-bond donors (Lipinski definition) is 0. The van der Waals surface area contributed by atoms with Gasteiger partial charge in [-0.1, -0.05) is 66.4 Å². The standard InChI is InChI=1S/C30H30/c1-3-7-20(8-4-1)12-16-26-22-13-11-21(17-22)18-27(26)30(25-9-5-2-6-10-25)28-23-14-15-24(19-23)29(28)30/h1-10,18,21-24,26,28-29H,11,13-15,17,19H2/t21-,22+,23-,24+,26?,28+,29-,30?/m1/s1. The van der Waals surface area contributed by atoms with Gasteiger partial charge in [-0.2, -0.15) is 0 Å². The summed E-state index contributed by atoms with van der Waals surface area (Å²) in [6, 6.07) is 22.3. The zero-order valence-electron chi connectivity index (χ0n) is 17.6. The molecule has 0 aromatic heterocycles. The molecule has 4 saturated carbocycles. The quantitative estimate of drug-likeness (QED) is 0.399. The normalized spacial score (nSPS) is 42.3. The maximum Gasteiger partial charge on any atom is 0.0453 e. The van der Waals surface area contributed by atoms with Gasteiger partial charge >= 0.3 is 0 Å². The monoisotopic (exact) mass is 390 g/mol. The summed E-state index contributed by atoms with van der Waals surface area (Å²) in [4.78, 5) is 0. The van der Waals surface area contributed by atoms with Gasteiger partial charge in [0.2, 0.25) is 0 Å². The van der Waals surface area contributed by atoms with Crippen LogP contribution in [0.3, 0.4) is 0 Å². The summed E-state index contributed by atoms with van der Waals surface area (Å²) in [6.45, 7) is 0. The molecule has 7 rings (SSSR count). The fourth-order valence-electron chi connectivity index (χ4n) is 8.52. The molecule has 30 heavy (non-hydrogen) atoms. The summed E-state index contributed by atoms with van der Waals surface area (Å²) in [5.41, 5.74) is 4.84. The molecule has 0 amide bonds. The third-order valence-electron chi connectivity index (χ3n) is 9.47. The molecular formula is C30H30. The van der Waals surface area contributed by atoms with Crippen molar-refractivity contribution in [2.45, 2.75) is 43.9 Å². The molecule has 2 aromatic rings. The van der Waals surface area contributed by atoms with E-state index in [4.69, 9.17) is 0 Å². The molecule has 0 aliphatic heterocycles. The second-order valence-electron chi connectivity index (χ2n) is 10.7. The van der Waals surface area contributed by atoms with Crippen molar-refractivity contribution in [2.75, 3.05) is 0 Å². The zero-order valence-corrected chi connectivity index (χ0v) is 17.6. The van der Waals surface area contributed by atoms with Crippen molar-refractivity contribution in [1.82, 2.24) is 0 Å². The van der Waals surface area contributed by atoms with Crippen molar-refractivity contribution in [2.24, 2.45) is 41.4 Å². The SMILES string of the molecule is C(#CC1C(C2(c3ccccc3)[C@@H]3[C@H]4CC[C@H](C4)[C@@H]32)=C[C@@H]2CC[C@H]1C2)c1ccccc1. The minimum Gasteiger partial charge on any atom is -0.0897 e. The van der Waals surface area contributed by atoms with Crippen LogP contribution in [0.15, 0.2) is 72.3 Å². The van der Waals surface area contributed by atoms with Crippen molar-refractivity contribution in [3.63, 3.8) is 0 Å². The zero-order chi connectivity index (χ0) is 19.7. The lowest BCUT2D eigenvalue weighted by atomic mass is 9.67. The van der Waals surface area contributed by atoms with E-state index in [-0.39, 0.29) is 0 Å². The molecule has 4 bridgehead atoms. The fourth-order valence-corrected chi connectivity index (χ4v) is 8.52. The lowest BCUT2D eigenvalue weighted by Crippen LogP contribution is -2.30. The predicted molar refractivity (Wildman–Crippen MR) is 122 cm³/mol. The van der Waals surface area contributed by atoms with E-state index >= 15 is 0 Å². The van der Waals surface area contributed by atoms with Crippen LogP contribution >= 0.6 is 0 Å². The first-order valence-electron chi connectivity index (χ1n) is 12.2. The summed E-state index contributed by atoms with van der Waals surface area (Å²) in [7, 11) is 0. The van der Waals surface area contributed by atoms with Crippen LogP contribution in [0.4, 0.5) is 0 Å². The van der Waals surface area contributed by atoms with Gasteiger partial charge in [0.25, 0.3) is 0 Å². The highest BCUT2D eigenvalue weighted by Crippen LogP contribution is 2.80. The van der Waals surface area contributed by atoms with E-state index in [0.717, 1.165) is 35.5 Å². The Kier molecular flexibility index (Phi) is 3.70. The van der Waals surface area contributed by atoms with Gasteiger partial charge in [0.1, 0.15) is 0 Å². The Labute approximate surface area is 180 Å². The van der Waals surface area contributed by atoms with E-state index in [9.17, 15) is 0 Å². The highest BCUT2D eigenvalue weighted by molar-refractivity contribution is 5.54. The molecular weight excluding hydrogens is 360 g/mol. The Morgan fingerprint density at radius 3 is 2.10 bits per heavy atom. The molecule has 8 atom stereocenters. The van der Waals surface area contributed by atoms with Crippen molar-refractivity contribution in [3.05, 3.63) is 83.4 Å². The maximum absolute atomic E-state index is 3.85. The van der Waals surface area contributed by atoms with E-state index in [1.807, 2.05) is 0 Å². The number of benzene rings is 2. The average Bonchev–Trinajstić information content (AvgIpc) is 3.10. The Balaban J connectivity index is 1.37. The first-order valence-corrected chi connectivity index (χ1v) is 12.2. The number of hydrogen-bond acceptors (Lipinski definition) is 0. The number of fused-ring (bicyclic) bond motifs is 7. The van der Waals surface area contributed by atoms with Crippen LogP contribution < -0.4 is 0 Å². The minimum absolute atomic E-state index is 0.308. The molecule has 2 unspecified atom stereocenters. The summed E-state index contributed by atoms with van der Waals surface area (Å²) >= 11 is 0. The third kappa shape index (κ3) is 2.30. The first kappa shape index (κ1) is 17.4. The van der Waals surface area contributed by atoms with Crippen LogP contribution in [0.2, 0.25) is 0 Å². The first-order chi connectivity index (χ1) is 14.9. The van der Waals surface area contributed by atoms with Gasteiger partial charge < -0.3 is 0 Å². The van der Waals surface area contributed by atoms with Gasteiger partial charge in [0, 0.05) is 16.9 Å². The highest BCUT2D eigenvalue weighted by atomic mass is 14.8. The van der Waals surface area contributed by atoms with Gasteiger partial charge in [-0.15, -0.1) is 0 Å². The molecule has 0 saturated heterocycles. The third-order valence-corrected chi connectivity index (χ3v) is 9.47. The van der Waals surface area contributed by atoms with Crippen LogP contribution in [0, 0.1) is 53.3 Å².